The zero-order valence-corrected chi connectivity index (χ0v) is 11.6. The maximum atomic E-state index is 12.2. The minimum atomic E-state index is 0.0212. The smallest absolute Gasteiger partial charge is 0.228 e. The molecule has 3 N–H and O–H groups in total. The van der Waals surface area contributed by atoms with Gasteiger partial charge in [0.15, 0.2) is 0 Å². The van der Waals surface area contributed by atoms with Gasteiger partial charge in [-0.25, -0.2) is 0 Å². The summed E-state index contributed by atoms with van der Waals surface area (Å²) < 4.78 is 0. The van der Waals surface area contributed by atoms with Crippen molar-refractivity contribution in [3.05, 3.63) is 59.1 Å². The average Bonchev–Trinajstić information content (AvgIpc) is 3.23. The number of nitrogen functional groups attached to an aromatic ring is 1. The normalized spacial score (nSPS) is 20.4. The first-order chi connectivity index (χ1) is 9.65. The highest BCUT2D eigenvalue weighted by Gasteiger charge is 2.43. The van der Waals surface area contributed by atoms with E-state index in [0.717, 1.165) is 6.42 Å². The number of anilines is 2. The Hall–Kier alpha value is -2.00. The number of hydrogen-bond donors (Lipinski definition) is 2. The Bertz CT molecular complexity index is 642. The maximum absolute atomic E-state index is 12.2. The Balaban J connectivity index is 1.67. The SMILES string of the molecule is Nc1cc(Cl)ccc1NC(=O)C1CC1c1ccccc1. The molecule has 0 heterocycles. The summed E-state index contributed by atoms with van der Waals surface area (Å²) in [5, 5.41) is 3.44. The first kappa shape index (κ1) is 13.0. The average molecular weight is 287 g/mol. The minimum absolute atomic E-state index is 0.0212. The Labute approximate surface area is 122 Å². The number of carbonyl (C=O) groups is 1. The van der Waals surface area contributed by atoms with Crippen LogP contribution in [0.3, 0.4) is 0 Å². The number of nitrogens with two attached hydrogens (primary N) is 1. The highest BCUT2D eigenvalue weighted by molar-refractivity contribution is 6.31. The van der Waals surface area contributed by atoms with Crippen molar-refractivity contribution in [2.24, 2.45) is 5.92 Å². The van der Waals surface area contributed by atoms with Gasteiger partial charge in [0, 0.05) is 10.9 Å². The Morgan fingerprint density at radius 1 is 1.20 bits per heavy atom. The van der Waals surface area contributed by atoms with E-state index in [-0.39, 0.29) is 11.8 Å². The predicted molar refractivity (Wildman–Crippen MR) is 81.8 cm³/mol. The van der Waals surface area contributed by atoms with E-state index >= 15 is 0 Å². The second-order valence-electron chi connectivity index (χ2n) is 5.08. The molecule has 1 aliphatic carbocycles. The van der Waals surface area contributed by atoms with Crippen molar-refractivity contribution in [2.45, 2.75) is 12.3 Å². The zero-order valence-electron chi connectivity index (χ0n) is 10.8. The molecule has 0 aromatic heterocycles. The first-order valence-corrected chi connectivity index (χ1v) is 6.94. The topological polar surface area (TPSA) is 55.1 Å². The van der Waals surface area contributed by atoms with Gasteiger partial charge in [-0.3, -0.25) is 4.79 Å². The number of halogens is 1. The van der Waals surface area contributed by atoms with Gasteiger partial charge in [-0.1, -0.05) is 41.9 Å². The quantitative estimate of drug-likeness (QED) is 0.846. The summed E-state index contributed by atoms with van der Waals surface area (Å²) in [7, 11) is 0. The molecule has 0 spiro atoms. The number of rotatable bonds is 3. The van der Waals surface area contributed by atoms with E-state index in [9.17, 15) is 4.79 Å². The number of carbonyl (C=O) groups excluding carboxylic acids is 1. The van der Waals surface area contributed by atoms with Gasteiger partial charge in [-0.05, 0) is 36.1 Å². The van der Waals surface area contributed by atoms with Crippen molar-refractivity contribution in [1.29, 1.82) is 0 Å². The van der Waals surface area contributed by atoms with Crippen molar-refractivity contribution in [1.82, 2.24) is 0 Å². The van der Waals surface area contributed by atoms with Gasteiger partial charge in [0.05, 0.1) is 11.4 Å². The van der Waals surface area contributed by atoms with E-state index in [1.807, 2.05) is 18.2 Å². The number of benzene rings is 2. The van der Waals surface area contributed by atoms with Crippen molar-refractivity contribution < 1.29 is 4.79 Å². The molecule has 2 atom stereocenters. The molecule has 2 aromatic rings. The number of hydrogen-bond acceptors (Lipinski definition) is 2. The second-order valence-corrected chi connectivity index (χ2v) is 5.52. The van der Waals surface area contributed by atoms with Crippen LogP contribution in [0.25, 0.3) is 0 Å². The number of nitrogens with one attached hydrogen (secondary N) is 1. The fraction of sp³-hybridized carbons (Fsp3) is 0.188. The van der Waals surface area contributed by atoms with Crippen LogP contribution in [0.4, 0.5) is 11.4 Å². The summed E-state index contributed by atoms with van der Waals surface area (Å²) in [6, 6.07) is 15.2. The van der Waals surface area contributed by atoms with Gasteiger partial charge in [0.1, 0.15) is 0 Å². The molecule has 0 bridgehead atoms. The van der Waals surface area contributed by atoms with Crippen LogP contribution in [-0.2, 0) is 4.79 Å². The van der Waals surface area contributed by atoms with Gasteiger partial charge in [-0.15, -0.1) is 0 Å². The summed E-state index contributed by atoms with van der Waals surface area (Å²) in [4.78, 5) is 12.2. The van der Waals surface area contributed by atoms with E-state index in [1.165, 1.54) is 5.56 Å². The molecule has 3 nitrogen and oxygen atoms in total. The molecule has 0 saturated heterocycles. The van der Waals surface area contributed by atoms with Crippen LogP contribution < -0.4 is 11.1 Å². The molecular weight excluding hydrogens is 272 g/mol. The fourth-order valence-electron chi connectivity index (χ4n) is 2.43. The molecule has 0 radical (unpaired) electrons. The Morgan fingerprint density at radius 3 is 2.65 bits per heavy atom. The van der Waals surface area contributed by atoms with Crippen molar-refractivity contribution >= 4 is 28.9 Å². The highest BCUT2D eigenvalue weighted by atomic mass is 35.5. The molecule has 2 aromatic carbocycles. The lowest BCUT2D eigenvalue weighted by Crippen LogP contribution is -2.15. The van der Waals surface area contributed by atoms with E-state index in [0.29, 0.717) is 22.3 Å². The van der Waals surface area contributed by atoms with Gasteiger partial charge < -0.3 is 11.1 Å². The molecule has 1 amide bonds. The second kappa shape index (κ2) is 5.17. The third kappa shape index (κ3) is 2.63. The first-order valence-electron chi connectivity index (χ1n) is 6.56. The van der Waals surface area contributed by atoms with Crippen LogP contribution in [0.5, 0.6) is 0 Å². The standard InChI is InChI=1S/C16H15ClN2O/c17-11-6-7-15(14(18)8-11)19-16(20)13-9-12(13)10-4-2-1-3-5-10/h1-8,12-13H,9,18H2,(H,19,20). The van der Waals surface area contributed by atoms with Crippen LogP contribution in [-0.4, -0.2) is 5.91 Å². The molecule has 1 fully saturated rings. The van der Waals surface area contributed by atoms with Gasteiger partial charge in [0.2, 0.25) is 5.91 Å². The lowest BCUT2D eigenvalue weighted by Gasteiger charge is -2.08. The molecule has 1 saturated carbocycles. The van der Waals surface area contributed by atoms with E-state index in [2.05, 4.69) is 17.4 Å². The van der Waals surface area contributed by atoms with E-state index < -0.39 is 0 Å². The molecule has 1 aliphatic rings. The zero-order chi connectivity index (χ0) is 14.1. The molecule has 0 aliphatic heterocycles. The van der Waals surface area contributed by atoms with Crippen molar-refractivity contribution in [3.8, 4) is 0 Å². The summed E-state index contributed by atoms with van der Waals surface area (Å²) in [6.07, 6.45) is 0.892. The lowest BCUT2D eigenvalue weighted by atomic mass is 10.1. The van der Waals surface area contributed by atoms with Crippen molar-refractivity contribution in [2.75, 3.05) is 11.1 Å². The third-order valence-electron chi connectivity index (χ3n) is 3.63. The minimum Gasteiger partial charge on any atom is -0.397 e. The Kier molecular flexibility index (Phi) is 3.36. The fourth-order valence-corrected chi connectivity index (χ4v) is 2.61. The summed E-state index contributed by atoms with van der Waals surface area (Å²) in [5.74, 6) is 0.380. The summed E-state index contributed by atoms with van der Waals surface area (Å²) in [6.45, 7) is 0. The summed E-state index contributed by atoms with van der Waals surface area (Å²) >= 11 is 5.84. The van der Waals surface area contributed by atoms with Crippen LogP contribution in [0, 0.1) is 5.92 Å². The Morgan fingerprint density at radius 2 is 1.95 bits per heavy atom. The van der Waals surface area contributed by atoms with E-state index in [4.69, 9.17) is 17.3 Å². The largest absolute Gasteiger partial charge is 0.397 e. The predicted octanol–water partition coefficient (Wildman–Crippen LogP) is 3.66. The molecule has 4 heteroatoms. The van der Waals surface area contributed by atoms with Crippen molar-refractivity contribution in [3.63, 3.8) is 0 Å². The monoisotopic (exact) mass is 286 g/mol. The van der Waals surface area contributed by atoms with Gasteiger partial charge in [0.25, 0.3) is 0 Å². The molecule has 3 rings (SSSR count). The van der Waals surface area contributed by atoms with Gasteiger partial charge in [-0.2, -0.15) is 0 Å². The van der Waals surface area contributed by atoms with Crippen LogP contribution in [0.1, 0.15) is 17.9 Å². The number of amides is 1. The molecule has 102 valence electrons. The maximum Gasteiger partial charge on any atom is 0.228 e. The van der Waals surface area contributed by atoms with Crippen LogP contribution in [0.2, 0.25) is 5.02 Å². The highest BCUT2D eigenvalue weighted by Crippen LogP contribution is 2.48. The molecule has 2 unspecified atom stereocenters. The van der Waals surface area contributed by atoms with Gasteiger partial charge >= 0.3 is 0 Å². The van der Waals surface area contributed by atoms with Crippen LogP contribution >= 0.6 is 11.6 Å². The van der Waals surface area contributed by atoms with E-state index in [1.54, 1.807) is 18.2 Å². The van der Waals surface area contributed by atoms with Crippen LogP contribution in [0.15, 0.2) is 48.5 Å². The third-order valence-corrected chi connectivity index (χ3v) is 3.86. The summed E-state index contributed by atoms with van der Waals surface area (Å²) in [5.41, 5.74) is 8.17. The lowest BCUT2D eigenvalue weighted by molar-refractivity contribution is -0.117. The molecule has 20 heavy (non-hydrogen) atoms. The molecular formula is C16H15ClN2O.